The highest BCUT2D eigenvalue weighted by atomic mass is 32.1. The molecule has 0 fully saturated rings. The summed E-state index contributed by atoms with van der Waals surface area (Å²) in [4.78, 5) is 30.9. The van der Waals surface area contributed by atoms with E-state index in [0.29, 0.717) is 46.6 Å². The van der Waals surface area contributed by atoms with Crippen molar-refractivity contribution < 1.29 is 23.2 Å². The van der Waals surface area contributed by atoms with E-state index in [0.717, 1.165) is 36.8 Å². The maximum absolute atomic E-state index is 13.1. The molecular formula is C28H26N2O5S. The van der Waals surface area contributed by atoms with Crippen LogP contribution in [0.25, 0.3) is 11.3 Å². The van der Waals surface area contributed by atoms with Crippen LogP contribution in [0, 0.1) is 0 Å². The summed E-state index contributed by atoms with van der Waals surface area (Å²) in [6.45, 7) is 2.44. The minimum absolute atomic E-state index is 0.139. The number of rotatable bonds is 8. The summed E-state index contributed by atoms with van der Waals surface area (Å²) in [7, 11) is 0. The van der Waals surface area contributed by atoms with Gasteiger partial charge in [-0.05, 0) is 74.6 Å². The van der Waals surface area contributed by atoms with Crippen molar-refractivity contribution in [2.75, 3.05) is 6.61 Å². The number of hydrogen-bond donors (Lipinski definition) is 1. The first-order chi connectivity index (χ1) is 17.6. The Morgan fingerprint density at radius 3 is 2.72 bits per heavy atom. The number of thiophene rings is 1. The minimum atomic E-state index is -0.348. The van der Waals surface area contributed by atoms with Crippen LogP contribution in [0.15, 0.2) is 68.6 Å². The third kappa shape index (κ3) is 5.18. The lowest BCUT2D eigenvalue weighted by molar-refractivity contribution is 0.0526. The molecule has 1 aromatic carbocycles. The SMILES string of the molecule is CCOC(=O)c1ccc(-c2ccc(/C=N\c3sc4c(c3C(=O)NCc3ccco3)CCCC4)o2)cc1. The van der Waals surface area contributed by atoms with Gasteiger partial charge < -0.3 is 18.9 Å². The standard InChI is InChI=1S/C28H26N2O5S/c1-2-33-28(32)19-11-9-18(10-12-19)23-14-13-21(35-23)17-30-27-25(22-7-3-4-8-24(22)36-27)26(31)29-16-20-6-5-15-34-20/h5-6,9-15,17H,2-4,7-8,16H2,1H3,(H,29,31)/b30-17-. The number of benzene rings is 1. The quantitative estimate of drug-likeness (QED) is 0.224. The van der Waals surface area contributed by atoms with Crippen LogP contribution >= 0.6 is 11.3 Å². The van der Waals surface area contributed by atoms with Gasteiger partial charge in [-0.15, -0.1) is 11.3 Å². The fourth-order valence-corrected chi connectivity index (χ4v) is 5.46. The van der Waals surface area contributed by atoms with Crippen molar-refractivity contribution >= 4 is 34.4 Å². The monoisotopic (exact) mass is 502 g/mol. The maximum atomic E-state index is 13.1. The number of nitrogens with one attached hydrogen (secondary N) is 1. The lowest BCUT2D eigenvalue weighted by Gasteiger charge is -2.12. The van der Waals surface area contributed by atoms with Gasteiger partial charge in [-0.3, -0.25) is 4.79 Å². The lowest BCUT2D eigenvalue weighted by atomic mass is 9.95. The molecule has 5 rings (SSSR count). The third-order valence-electron chi connectivity index (χ3n) is 6.00. The number of nitrogens with zero attached hydrogens (tertiary/aromatic N) is 1. The Balaban J connectivity index is 1.34. The van der Waals surface area contributed by atoms with Crippen molar-refractivity contribution in [3.05, 3.63) is 87.9 Å². The van der Waals surface area contributed by atoms with Gasteiger partial charge in [0.25, 0.3) is 5.91 Å². The molecule has 0 aliphatic heterocycles. The van der Waals surface area contributed by atoms with Crippen LogP contribution in [0.1, 0.15) is 62.4 Å². The molecule has 1 aliphatic carbocycles. The predicted molar refractivity (Wildman–Crippen MR) is 138 cm³/mol. The topological polar surface area (TPSA) is 94.0 Å². The number of furan rings is 2. The Bertz CT molecular complexity index is 1380. The summed E-state index contributed by atoms with van der Waals surface area (Å²) in [6, 6.07) is 14.4. The number of esters is 1. The summed E-state index contributed by atoms with van der Waals surface area (Å²) in [5.74, 6) is 1.45. The number of amides is 1. The Morgan fingerprint density at radius 1 is 1.11 bits per heavy atom. The van der Waals surface area contributed by atoms with Gasteiger partial charge in [0.15, 0.2) is 0 Å². The van der Waals surface area contributed by atoms with Gasteiger partial charge in [0, 0.05) is 10.4 Å². The van der Waals surface area contributed by atoms with E-state index in [-0.39, 0.29) is 11.9 Å². The molecule has 0 atom stereocenters. The van der Waals surface area contributed by atoms with Crippen LogP contribution in [0.4, 0.5) is 5.00 Å². The molecule has 0 radical (unpaired) electrons. The second-order valence-electron chi connectivity index (χ2n) is 8.41. The summed E-state index contributed by atoms with van der Waals surface area (Å²) in [6.07, 6.45) is 7.30. The molecule has 3 heterocycles. The van der Waals surface area contributed by atoms with Crippen LogP contribution in [-0.4, -0.2) is 24.7 Å². The molecule has 1 N–H and O–H groups in total. The van der Waals surface area contributed by atoms with Crippen LogP contribution < -0.4 is 5.32 Å². The summed E-state index contributed by atoms with van der Waals surface area (Å²) < 4.78 is 16.3. The zero-order chi connectivity index (χ0) is 24.9. The number of fused-ring (bicyclic) bond motifs is 1. The molecule has 1 aliphatic rings. The van der Waals surface area contributed by atoms with Crippen LogP contribution in [-0.2, 0) is 24.1 Å². The van der Waals surface area contributed by atoms with Crippen molar-refractivity contribution in [3.63, 3.8) is 0 Å². The molecule has 4 aromatic rings. The number of carbonyl (C=O) groups is 2. The molecule has 7 nitrogen and oxygen atoms in total. The van der Waals surface area contributed by atoms with Gasteiger partial charge in [-0.2, -0.15) is 0 Å². The molecule has 3 aromatic heterocycles. The molecule has 0 saturated heterocycles. The predicted octanol–water partition coefficient (Wildman–Crippen LogP) is 6.34. The summed E-state index contributed by atoms with van der Waals surface area (Å²) in [5.41, 5.74) is 3.09. The van der Waals surface area contributed by atoms with E-state index < -0.39 is 0 Å². The third-order valence-corrected chi connectivity index (χ3v) is 7.20. The van der Waals surface area contributed by atoms with E-state index in [9.17, 15) is 9.59 Å². The fourth-order valence-electron chi connectivity index (χ4n) is 4.23. The number of carbonyl (C=O) groups excluding carboxylic acids is 2. The van der Waals surface area contributed by atoms with E-state index in [1.807, 2.05) is 30.3 Å². The van der Waals surface area contributed by atoms with Crippen LogP contribution in [0.5, 0.6) is 0 Å². The first-order valence-corrected chi connectivity index (χ1v) is 12.8. The van der Waals surface area contributed by atoms with Crippen molar-refractivity contribution in [1.82, 2.24) is 5.32 Å². The Morgan fingerprint density at radius 2 is 1.94 bits per heavy atom. The molecule has 0 spiro atoms. The van der Waals surface area contributed by atoms with E-state index in [4.69, 9.17) is 13.6 Å². The normalized spacial score (nSPS) is 13.0. The molecular weight excluding hydrogens is 476 g/mol. The number of hydrogen-bond acceptors (Lipinski definition) is 7. The zero-order valence-corrected chi connectivity index (χ0v) is 20.7. The van der Waals surface area contributed by atoms with Gasteiger partial charge >= 0.3 is 5.97 Å². The molecule has 184 valence electrons. The molecule has 1 amide bonds. The van der Waals surface area contributed by atoms with Gasteiger partial charge in [0.05, 0.1) is 36.8 Å². The first-order valence-electron chi connectivity index (χ1n) is 12.0. The summed E-state index contributed by atoms with van der Waals surface area (Å²) in [5, 5.41) is 3.66. The smallest absolute Gasteiger partial charge is 0.338 e. The van der Waals surface area contributed by atoms with Gasteiger partial charge in [0.2, 0.25) is 0 Å². The maximum Gasteiger partial charge on any atom is 0.338 e. The van der Waals surface area contributed by atoms with Crippen LogP contribution in [0.3, 0.4) is 0 Å². The van der Waals surface area contributed by atoms with Crippen molar-refractivity contribution in [1.29, 1.82) is 0 Å². The number of aliphatic imine (C=N–C) groups is 1. The first kappa shape index (κ1) is 23.8. The Kier molecular flexibility index (Phi) is 7.13. The van der Waals surface area contributed by atoms with Gasteiger partial charge in [-0.1, -0.05) is 12.1 Å². The molecule has 0 bridgehead atoms. The lowest BCUT2D eigenvalue weighted by Crippen LogP contribution is -2.23. The molecule has 8 heteroatoms. The second kappa shape index (κ2) is 10.8. The second-order valence-corrected chi connectivity index (χ2v) is 9.49. The van der Waals surface area contributed by atoms with E-state index in [2.05, 4.69) is 10.3 Å². The molecule has 0 unspecified atom stereocenters. The van der Waals surface area contributed by atoms with Crippen molar-refractivity contribution in [2.24, 2.45) is 4.99 Å². The van der Waals surface area contributed by atoms with Crippen molar-refractivity contribution in [3.8, 4) is 11.3 Å². The van der Waals surface area contributed by atoms with Gasteiger partial charge in [0.1, 0.15) is 22.3 Å². The largest absolute Gasteiger partial charge is 0.467 e. The highest BCUT2D eigenvalue weighted by Crippen LogP contribution is 2.40. The molecule has 36 heavy (non-hydrogen) atoms. The van der Waals surface area contributed by atoms with Gasteiger partial charge in [-0.25, -0.2) is 9.79 Å². The van der Waals surface area contributed by atoms with E-state index in [1.165, 1.54) is 4.88 Å². The fraction of sp³-hybridized carbons (Fsp3) is 0.250. The average Bonchev–Trinajstić information content (AvgIpc) is 3.66. The zero-order valence-electron chi connectivity index (χ0n) is 19.9. The average molecular weight is 503 g/mol. The summed E-state index contributed by atoms with van der Waals surface area (Å²) >= 11 is 1.58. The van der Waals surface area contributed by atoms with Crippen molar-refractivity contribution in [2.45, 2.75) is 39.2 Å². The Labute approximate surface area is 212 Å². The van der Waals surface area contributed by atoms with E-state index in [1.54, 1.807) is 48.9 Å². The number of ether oxygens (including phenoxy) is 1. The number of aryl methyl sites for hydroxylation is 1. The minimum Gasteiger partial charge on any atom is -0.467 e. The highest BCUT2D eigenvalue weighted by molar-refractivity contribution is 7.16. The van der Waals surface area contributed by atoms with E-state index >= 15 is 0 Å². The van der Waals surface area contributed by atoms with Crippen LogP contribution in [0.2, 0.25) is 0 Å². The Hall–Kier alpha value is -3.91. The highest BCUT2D eigenvalue weighted by Gasteiger charge is 2.25. The molecule has 0 saturated carbocycles.